The summed E-state index contributed by atoms with van der Waals surface area (Å²) in [5.74, 6) is -0.185. The first-order valence-corrected chi connectivity index (χ1v) is 14.0. The lowest BCUT2D eigenvalue weighted by Gasteiger charge is -2.38. The smallest absolute Gasteiger partial charge is 0.189 e. The van der Waals surface area contributed by atoms with Crippen LogP contribution in [0.4, 0.5) is 20.2 Å². The molecule has 0 amide bonds. The Balaban J connectivity index is 1.34. The largest absolute Gasteiger partial charge is 0.495 e. The van der Waals surface area contributed by atoms with Crippen LogP contribution in [0.15, 0.2) is 65.6 Å². The molecule has 0 spiro atoms. The molecule has 9 heteroatoms. The van der Waals surface area contributed by atoms with E-state index in [1.54, 1.807) is 30.0 Å². The molecule has 4 aromatic rings. The second kappa shape index (κ2) is 11.1. The summed E-state index contributed by atoms with van der Waals surface area (Å²) in [7, 11) is 1.61. The zero-order valence-electron chi connectivity index (χ0n) is 22.3. The van der Waals surface area contributed by atoms with Crippen LogP contribution in [0.1, 0.15) is 24.8 Å². The summed E-state index contributed by atoms with van der Waals surface area (Å²) in [6, 6.07) is 15.6. The Morgan fingerprint density at radius 2 is 1.70 bits per heavy atom. The SMILES string of the molecule is COc1cc(CNC2CCC2)ccc1-n1ccc(=O)c2cc(F)c(N3CCN(c4ccc(F)cc4)CC3)c(Cl)c21. The molecule has 0 bridgehead atoms. The van der Waals surface area contributed by atoms with Gasteiger partial charge < -0.3 is 24.4 Å². The van der Waals surface area contributed by atoms with Crippen molar-refractivity contribution in [1.29, 1.82) is 0 Å². The number of aromatic nitrogens is 1. The van der Waals surface area contributed by atoms with Crippen molar-refractivity contribution in [2.24, 2.45) is 0 Å². The molecule has 2 heterocycles. The van der Waals surface area contributed by atoms with Crippen LogP contribution in [0.25, 0.3) is 16.6 Å². The predicted octanol–water partition coefficient (Wildman–Crippen LogP) is 5.90. The Labute approximate surface area is 236 Å². The molecular formula is C31H31ClF2N4O2. The van der Waals surface area contributed by atoms with E-state index in [-0.39, 0.29) is 27.3 Å². The maximum absolute atomic E-state index is 15.6. The minimum Gasteiger partial charge on any atom is -0.495 e. The van der Waals surface area contributed by atoms with Crippen molar-refractivity contribution < 1.29 is 13.5 Å². The minimum atomic E-state index is -0.535. The van der Waals surface area contributed by atoms with Crippen molar-refractivity contribution in [3.63, 3.8) is 0 Å². The van der Waals surface area contributed by atoms with Gasteiger partial charge in [-0.25, -0.2) is 8.78 Å². The quantitative estimate of drug-likeness (QED) is 0.303. The third-order valence-corrected chi connectivity index (χ3v) is 8.40. The van der Waals surface area contributed by atoms with Gasteiger partial charge in [0.1, 0.15) is 17.4 Å². The second-order valence-electron chi connectivity index (χ2n) is 10.4. The van der Waals surface area contributed by atoms with Gasteiger partial charge in [-0.3, -0.25) is 4.79 Å². The molecule has 6 rings (SSSR count). The van der Waals surface area contributed by atoms with E-state index >= 15 is 4.39 Å². The number of hydrogen-bond acceptors (Lipinski definition) is 5. The van der Waals surface area contributed by atoms with Crippen LogP contribution >= 0.6 is 11.6 Å². The highest BCUT2D eigenvalue weighted by molar-refractivity contribution is 6.38. The summed E-state index contributed by atoms with van der Waals surface area (Å²) in [6.45, 7) is 3.01. The summed E-state index contributed by atoms with van der Waals surface area (Å²) in [5, 5.41) is 3.95. The first-order valence-electron chi connectivity index (χ1n) is 13.6. The van der Waals surface area contributed by atoms with Gasteiger partial charge in [0.25, 0.3) is 0 Å². The van der Waals surface area contributed by atoms with Gasteiger partial charge in [0.15, 0.2) is 5.43 Å². The number of piperazine rings is 1. The van der Waals surface area contributed by atoms with E-state index in [1.165, 1.54) is 43.5 Å². The van der Waals surface area contributed by atoms with Crippen molar-refractivity contribution in [3.05, 3.63) is 93.2 Å². The van der Waals surface area contributed by atoms with E-state index in [0.717, 1.165) is 17.8 Å². The Morgan fingerprint density at radius 1 is 0.975 bits per heavy atom. The molecule has 0 radical (unpaired) electrons. The Hall–Kier alpha value is -3.62. The van der Waals surface area contributed by atoms with E-state index in [9.17, 15) is 9.18 Å². The van der Waals surface area contributed by atoms with Crippen LogP contribution in [-0.2, 0) is 6.54 Å². The number of nitrogens with zero attached hydrogens (tertiary/aromatic N) is 3. The molecule has 1 saturated heterocycles. The van der Waals surface area contributed by atoms with E-state index in [1.807, 2.05) is 23.1 Å². The molecule has 6 nitrogen and oxygen atoms in total. The molecule has 0 unspecified atom stereocenters. The number of halogens is 3. The highest BCUT2D eigenvalue weighted by Gasteiger charge is 2.26. The average Bonchev–Trinajstić information content (AvgIpc) is 2.94. The van der Waals surface area contributed by atoms with Gasteiger partial charge in [0.05, 0.1) is 34.4 Å². The molecule has 1 aliphatic carbocycles. The van der Waals surface area contributed by atoms with E-state index < -0.39 is 5.82 Å². The molecule has 1 N–H and O–H groups in total. The van der Waals surface area contributed by atoms with Gasteiger partial charge in [0, 0.05) is 56.7 Å². The monoisotopic (exact) mass is 564 g/mol. The van der Waals surface area contributed by atoms with Gasteiger partial charge in [-0.15, -0.1) is 0 Å². The molecule has 1 aromatic heterocycles. The van der Waals surface area contributed by atoms with Gasteiger partial charge >= 0.3 is 0 Å². The summed E-state index contributed by atoms with van der Waals surface area (Å²) in [6.07, 6.45) is 5.34. The zero-order chi connectivity index (χ0) is 27.8. The number of nitrogens with one attached hydrogen (secondary N) is 1. The van der Waals surface area contributed by atoms with Crippen LogP contribution in [0.5, 0.6) is 5.75 Å². The number of anilines is 2. The van der Waals surface area contributed by atoms with Crippen LogP contribution < -0.4 is 25.3 Å². The van der Waals surface area contributed by atoms with Crippen molar-refractivity contribution in [2.45, 2.75) is 31.8 Å². The summed E-state index contributed by atoms with van der Waals surface area (Å²) in [5.41, 5.74) is 3.12. The summed E-state index contributed by atoms with van der Waals surface area (Å²) in [4.78, 5) is 16.9. The zero-order valence-corrected chi connectivity index (χ0v) is 23.1. The molecule has 1 saturated carbocycles. The summed E-state index contributed by atoms with van der Waals surface area (Å²) >= 11 is 6.96. The maximum atomic E-state index is 15.6. The Bertz CT molecular complexity index is 1600. The van der Waals surface area contributed by atoms with Crippen molar-refractivity contribution >= 4 is 33.9 Å². The summed E-state index contributed by atoms with van der Waals surface area (Å²) < 4.78 is 36.5. The first-order chi connectivity index (χ1) is 19.4. The van der Waals surface area contributed by atoms with Crippen molar-refractivity contribution in [2.75, 3.05) is 43.1 Å². The van der Waals surface area contributed by atoms with E-state index in [4.69, 9.17) is 16.3 Å². The molecule has 208 valence electrons. The lowest BCUT2D eigenvalue weighted by molar-refractivity contribution is 0.338. The minimum absolute atomic E-state index is 0.181. The molecule has 2 aliphatic rings. The van der Waals surface area contributed by atoms with Gasteiger partial charge in [0.2, 0.25) is 0 Å². The predicted molar refractivity (Wildman–Crippen MR) is 156 cm³/mol. The third kappa shape index (κ3) is 5.02. The normalized spacial score (nSPS) is 15.9. The second-order valence-corrected chi connectivity index (χ2v) is 10.8. The van der Waals surface area contributed by atoms with Crippen molar-refractivity contribution in [3.8, 4) is 11.4 Å². The fourth-order valence-corrected chi connectivity index (χ4v) is 5.97. The molecule has 0 atom stereocenters. The van der Waals surface area contributed by atoms with E-state index in [0.29, 0.717) is 49.2 Å². The maximum Gasteiger partial charge on any atom is 0.189 e. The first kappa shape index (κ1) is 26.6. The van der Waals surface area contributed by atoms with Crippen LogP contribution in [0, 0.1) is 11.6 Å². The van der Waals surface area contributed by atoms with Gasteiger partial charge in [-0.1, -0.05) is 24.1 Å². The molecule has 3 aromatic carbocycles. The molecular weight excluding hydrogens is 534 g/mol. The number of fused-ring (bicyclic) bond motifs is 1. The fourth-order valence-electron chi connectivity index (χ4n) is 5.56. The molecule has 1 aliphatic heterocycles. The molecule has 40 heavy (non-hydrogen) atoms. The number of ether oxygens (including phenoxy) is 1. The Morgan fingerprint density at radius 3 is 2.38 bits per heavy atom. The standard InChI is InChI=1S/C31H31ClF2N4O2/c1-40-28-17-20(19-35-22-3-2-4-22)5-10-26(28)38-12-11-27(39)24-18-25(34)31(29(32)30(24)38)37-15-13-36(14-16-37)23-8-6-21(33)7-9-23/h5-12,17-18,22,35H,2-4,13-16,19H2,1H3. The van der Waals surface area contributed by atoms with Gasteiger partial charge in [-0.2, -0.15) is 0 Å². The van der Waals surface area contributed by atoms with E-state index in [2.05, 4.69) is 10.2 Å². The number of pyridine rings is 1. The lowest BCUT2D eigenvalue weighted by Crippen LogP contribution is -2.47. The van der Waals surface area contributed by atoms with Crippen LogP contribution in [0.2, 0.25) is 5.02 Å². The number of methoxy groups -OCH3 is 1. The van der Waals surface area contributed by atoms with Crippen LogP contribution in [0.3, 0.4) is 0 Å². The highest BCUT2D eigenvalue weighted by atomic mass is 35.5. The molecule has 2 fully saturated rings. The highest BCUT2D eigenvalue weighted by Crippen LogP contribution is 2.38. The number of rotatable bonds is 7. The van der Waals surface area contributed by atoms with Gasteiger partial charge in [-0.05, 0) is 60.9 Å². The number of benzene rings is 3. The fraction of sp³-hybridized carbons (Fsp3) is 0.323. The number of hydrogen-bond donors (Lipinski definition) is 1. The average molecular weight is 565 g/mol. The lowest BCUT2D eigenvalue weighted by atomic mass is 9.93. The van der Waals surface area contributed by atoms with Crippen LogP contribution in [-0.4, -0.2) is 43.9 Å². The Kier molecular flexibility index (Phi) is 7.38. The third-order valence-electron chi connectivity index (χ3n) is 8.04. The van der Waals surface area contributed by atoms with Crippen molar-refractivity contribution in [1.82, 2.24) is 9.88 Å². The topological polar surface area (TPSA) is 49.7 Å².